The zero-order valence-corrected chi connectivity index (χ0v) is 13.4. The van der Waals surface area contributed by atoms with Gasteiger partial charge in [0.05, 0.1) is 9.64 Å². The van der Waals surface area contributed by atoms with E-state index in [0.717, 1.165) is 0 Å². The summed E-state index contributed by atoms with van der Waals surface area (Å²) in [5, 5.41) is 0. The summed E-state index contributed by atoms with van der Waals surface area (Å²) in [5.41, 5.74) is 0.681. The van der Waals surface area contributed by atoms with Crippen LogP contribution in [0.2, 0.25) is 0 Å². The zero-order chi connectivity index (χ0) is 15.1. The molecule has 0 aliphatic carbocycles. The van der Waals surface area contributed by atoms with Gasteiger partial charge in [-0.2, -0.15) is 0 Å². The Hall–Kier alpha value is -0.790. The highest BCUT2D eigenvalue weighted by atomic mass is 35.7. The summed E-state index contributed by atoms with van der Waals surface area (Å²) in [6.07, 6.45) is 0. The third-order valence-corrected chi connectivity index (χ3v) is 6.09. The van der Waals surface area contributed by atoms with E-state index in [1.54, 1.807) is 27.7 Å². The Bertz CT molecular complexity index is 688. The van der Waals surface area contributed by atoms with Crippen molar-refractivity contribution in [1.29, 1.82) is 0 Å². The van der Waals surface area contributed by atoms with Crippen molar-refractivity contribution in [2.24, 2.45) is 0 Å². The first-order chi connectivity index (χ1) is 8.34. The van der Waals surface area contributed by atoms with Crippen molar-refractivity contribution in [3.63, 3.8) is 0 Å². The molecule has 0 amide bonds. The van der Waals surface area contributed by atoms with E-state index < -0.39 is 23.8 Å². The molecular weight excluding hydrogens is 310 g/mol. The highest BCUT2D eigenvalue weighted by molar-refractivity contribution is 8.13. The molecule has 0 saturated heterocycles. The normalized spacial score (nSPS) is 13.3. The quantitative estimate of drug-likeness (QED) is 0.866. The van der Waals surface area contributed by atoms with Gasteiger partial charge in [-0.3, -0.25) is 4.72 Å². The van der Waals surface area contributed by atoms with E-state index in [2.05, 4.69) is 4.72 Å². The highest BCUT2D eigenvalue weighted by Crippen LogP contribution is 2.25. The highest BCUT2D eigenvalue weighted by Gasteiger charge is 2.29. The lowest BCUT2D eigenvalue weighted by molar-refractivity contribution is 0.566. The second-order valence-electron chi connectivity index (χ2n) is 5.14. The molecule has 0 spiro atoms. The lowest BCUT2D eigenvalue weighted by Gasteiger charge is -2.20. The molecule has 0 heterocycles. The van der Waals surface area contributed by atoms with Gasteiger partial charge in [-0.05, 0) is 51.5 Å². The molecule has 5 nitrogen and oxygen atoms in total. The lowest BCUT2D eigenvalue weighted by atomic mass is 10.2. The largest absolute Gasteiger partial charge is 0.283 e. The molecule has 1 N–H and O–H groups in total. The van der Waals surface area contributed by atoms with Crippen molar-refractivity contribution in [3.8, 4) is 0 Å². The number of hydrogen-bond acceptors (Lipinski definition) is 4. The van der Waals surface area contributed by atoms with Gasteiger partial charge >= 0.3 is 0 Å². The Morgan fingerprint density at radius 2 is 1.63 bits per heavy atom. The zero-order valence-electron chi connectivity index (χ0n) is 11.1. The SMILES string of the molecule is Cc1cc(NS(=O)(=O)C(C)(C)C)ccc1S(=O)(=O)Cl. The molecule has 0 aliphatic rings. The maximum atomic E-state index is 12.0. The summed E-state index contributed by atoms with van der Waals surface area (Å²) in [4.78, 5) is -0.0344. The molecule has 1 aromatic carbocycles. The Morgan fingerprint density at radius 1 is 1.11 bits per heavy atom. The molecule has 0 radical (unpaired) electrons. The topological polar surface area (TPSA) is 80.3 Å². The number of sulfonamides is 1. The van der Waals surface area contributed by atoms with Crippen molar-refractivity contribution in [3.05, 3.63) is 23.8 Å². The fourth-order valence-electron chi connectivity index (χ4n) is 1.29. The predicted molar refractivity (Wildman–Crippen MR) is 76.5 cm³/mol. The molecule has 0 saturated carbocycles. The van der Waals surface area contributed by atoms with Gasteiger partial charge in [0.15, 0.2) is 0 Å². The van der Waals surface area contributed by atoms with Gasteiger partial charge < -0.3 is 0 Å². The van der Waals surface area contributed by atoms with Crippen LogP contribution in [-0.4, -0.2) is 21.6 Å². The van der Waals surface area contributed by atoms with Crippen LogP contribution in [0.1, 0.15) is 26.3 Å². The molecule has 1 rings (SSSR count). The minimum absolute atomic E-state index is 0.0344. The van der Waals surface area contributed by atoms with Gasteiger partial charge in [0, 0.05) is 16.4 Å². The van der Waals surface area contributed by atoms with Crippen LogP contribution in [0.15, 0.2) is 23.1 Å². The van der Waals surface area contributed by atoms with E-state index >= 15 is 0 Å². The second-order valence-corrected chi connectivity index (χ2v) is 10.1. The Kier molecular flexibility index (Phi) is 4.24. The van der Waals surface area contributed by atoms with Gasteiger partial charge in [-0.25, -0.2) is 16.8 Å². The van der Waals surface area contributed by atoms with Crippen LogP contribution in [0.25, 0.3) is 0 Å². The number of nitrogens with one attached hydrogen (secondary N) is 1. The first kappa shape index (κ1) is 16.3. The average molecular weight is 326 g/mol. The van der Waals surface area contributed by atoms with Gasteiger partial charge in [0.2, 0.25) is 10.0 Å². The molecule has 0 fully saturated rings. The minimum atomic E-state index is -3.83. The Labute approximate surface area is 118 Å². The maximum Gasteiger partial charge on any atom is 0.261 e. The summed E-state index contributed by atoms with van der Waals surface area (Å²) in [5.74, 6) is 0. The molecule has 19 heavy (non-hydrogen) atoms. The van der Waals surface area contributed by atoms with Crippen molar-refractivity contribution in [1.82, 2.24) is 0 Å². The van der Waals surface area contributed by atoms with Crippen molar-refractivity contribution >= 4 is 35.4 Å². The molecule has 0 unspecified atom stereocenters. The summed E-state index contributed by atoms with van der Waals surface area (Å²) in [7, 11) is -2.12. The Balaban J connectivity index is 3.19. The number of aryl methyl sites for hydroxylation is 1. The summed E-state index contributed by atoms with van der Waals surface area (Å²) < 4.78 is 47.8. The van der Waals surface area contributed by atoms with Crippen LogP contribution in [0, 0.1) is 6.92 Å². The van der Waals surface area contributed by atoms with Crippen LogP contribution >= 0.6 is 10.7 Å². The summed E-state index contributed by atoms with van der Waals surface area (Å²) in [6, 6.07) is 4.07. The van der Waals surface area contributed by atoms with E-state index in [1.807, 2.05) is 0 Å². The van der Waals surface area contributed by atoms with Crippen molar-refractivity contribution in [2.75, 3.05) is 4.72 Å². The Morgan fingerprint density at radius 3 is 2.00 bits per heavy atom. The van der Waals surface area contributed by atoms with Crippen LogP contribution in [0.3, 0.4) is 0 Å². The minimum Gasteiger partial charge on any atom is -0.283 e. The maximum absolute atomic E-state index is 12.0. The fraction of sp³-hybridized carbons (Fsp3) is 0.455. The van der Waals surface area contributed by atoms with Crippen LogP contribution in [0.5, 0.6) is 0 Å². The van der Waals surface area contributed by atoms with Crippen LogP contribution < -0.4 is 4.72 Å². The second kappa shape index (κ2) is 4.96. The fourth-order valence-corrected chi connectivity index (χ4v) is 3.23. The van der Waals surface area contributed by atoms with Gasteiger partial charge in [-0.1, -0.05) is 0 Å². The smallest absolute Gasteiger partial charge is 0.261 e. The molecular formula is C11H16ClNO4S2. The van der Waals surface area contributed by atoms with Gasteiger partial charge in [0.1, 0.15) is 0 Å². The van der Waals surface area contributed by atoms with Crippen molar-refractivity contribution in [2.45, 2.75) is 37.3 Å². The first-order valence-electron chi connectivity index (χ1n) is 5.42. The number of benzene rings is 1. The third-order valence-electron chi connectivity index (χ3n) is 2.50. The molecule has 0 aliphatic heterocycles. The van der Waals surface area contributed by atoms with E-state index in [9.17, 15) is 16.8 Å². The first-order valence-corrected chi connectivity index (χ1v) is 9.21. The lowest BCUT2D eigenvalue weighted by Crippen LogP contribution is -2.33. The predicted octanol–water partition coefficient (Wildman–Crippen LogP) is 2.46. The molecule has 8 heteroatoms. The molecule has 0 bridgehead atoms. The average Bonchev–Trinajstić information content (AvgIpc) is 2.12. The van der Waals surface area contributed by atoms with E-state index in [0.29, 0.717) is 11.3 Å². The van der Waals surface area contributed by atoms with Gasteiger partial charge in [-0.15, -0.1) is 0 Å². The summed E-state index contributed by atoms with van der Waals surface area (Å²) >= 11 is 0. The molecule has 0 atom stereocenters. The third kappa shape index (κ3) is 3.84. The van der Waals surface area contributed by atoms with E-state index in [-0.39, 0.29) is 4.90 Å². The molecule has 108 valence electrons. The van der Waals surface area contributed by atoms with Crippen LogP contribution in [-0.2, 0) is 19.1 Å². The van der Waals surface area contributed by atoms with Crippen molar-refractivity contribution < 1.29 is 16.8 Å². The number of anilines is 1. The number of halogens is 1. The van der Waals surface area contributed by atoms with Crippen LogP contribution in [0.4, 0.5) is 5.69 Å². The standard InChI is InChI=1S/C11H16ClNO4S2/c1-8-7-9(5-6-10(8)18(12,14)15)13-19(16,17)11(2,3)4/h5-7,13H,1-4H3. The number of rotatable bonds is 3. The van der Waals surface area contributed by atoms with E-state index in [1.165, 1.54) is 18.2 Å². The van der Waals surface area contributed by atoms with E-state index in [4.69, 9.17) is 10.7 Å². The molecule has 1 aromatic rings. The molecule has 0 aromatic heterocycles. The summed E-state index contributed by atoms with van der Waals surface area (Å²) in [6.45, 7) is 6.25. The number of hydrogen-bond donors (Lipinski definition) is 1. The monoisotopic (exact) mass is 325 g/mol. The van der Waals surface area contributed by atoms with Gasteiger partial charge in [0.25, 0.3) is 9.05 Å².